The van der Waals surface area contributed by atoms with Crippen molar-refractivity contribution in [3.05, 3.63) is 77.1 Å². The van der Waals surface area contributed by atoms with Crippen LogP contribution in [0.2, 0.25) is 0 Å². The van der Waals surface area contributed by atoms with Gasteiger partial charge in [-0.15, -0.1) is 34.9 Å². The van der Waals surface area contributed by atoms with Gasteiger partial charge < -0.3 is 5.11 Å². The Balaban J connectivity index is 0.000000402. The predicted octanol–water partition coefficient (Wildman–Crippen LogP) is 9.77. The van der Waals surface area contributed by atoms with Gasteiger partial charge in [0.1, 0.15) is 5.76 Å². The molecular formula is C35H48IrNO2-. The third-order valence-corrected chi connectivity index (χ3v) is 7.70. The molecule has 0 atom stereocenters. The van der Waals surface area contributed by atoms with Crippen molar-refractivity contribution in [2.45, 2.75) is 94.4 Å². The molecule has 0 spiro atoms. The molecule has 2 aromatic carbocycles. The number of hydrogen-bond donors (Lipinski definition) is 1. The van der Waals surface area contributed by atoms with Gasteiger partial charge in [-0.2, -0.15) is 0 Å². The van der Waals surface area contributed by atoms with Crippen LogP contribution in [-0.4, -0.2) is 15.9 Å². The summed E-state index contributed by atoms with van der Waals surface area (Å²) in [5.41, 5.74) is 6.74. The Morgan fingerprint density at radius 3 is 2.18 bits per heavy atom. The molecule has 0 aliphatic rings. The largest absolute Gasteiger partial charge is 0.512 e. The first kappa shape index (κ1) is 34.7. The molecule has 4 heteroatoms. The van der Waals surface area contributed by atoms with Crippen molar-refractivity contribution < 1.29 is 30.0 Å². The van der Waals surface area contributed by atoms with Gasteiger partial charge in [-0.25, -0.2) is 0 Å². The molecule has 0 saturated carbocycles. The minimum atomic E-state index is -0.248. The average molecular weight is 707 g/mol. The van der Waals surface area contributed by atoms with Crippen molar-refractivity contribution in [3.63, 3.8) is 0 Å². The molecule has 215 valence electrons. The normalized spacial score (nSPS) is 11.8. The Kier molecular flexibility index (Phi) is 14.3. The van der Waals surface area contributed by atoms with Crippen LogP contribution in [0.1, 0.15) is 90.8 Å². The van der Waals surface area contributed by atoms with Crippen LogP contribution in [0.15, 0.2) is 54.3 Å². The fraction of sp³-hybridized carbons (Fsp3) is 0.486. The minimum absolute atomic E-state index is 0. The molecule has 0 unspecified atom stereocenters. The SMILES string of the molecule is CCC(CC)C(=O)/C=C(\O)C(C)(CC)CC.Cc1[c-]c(-c2cc(CC(C)C)c3ccccc3n2)cc(C)c1.[Ir]. The maximum Gasteiger partial charge on any atom is 0.162 e. The molecule has 1 aromatic heterocycles. The summed E-state index contributed by atoms with van der Waals surface area (Å²) in [5.74, 6) is 0.993. The molecule has 0 aliphatic heterocycles. The standard InChI is InChI=1S/C21H22N.C14H26O2.Ir/c1-14(2)9-17-13-21(18-11-15(3)10-16(4)12-18)22-20-8-6-5-7-19(17)20;1-6-11(7-2)12(15)10-13(16)14(5,8-3)9-4;/h5-8,10-11,13-14H,9H2,1-4H3;10-11,16H,6-9H2,1-5H3;/q-1;;/b;13-10-;. The van der Waals surface area contributed by atoms with Gasteiger partial charge in [-0.3, -0.25) is 9.78 Å². The van der Waals surface area contributed by atoms with E-state index >= 15 is 0 Å². The number of aliphatic hydroxyl groups excluding tert-OH is 1. The Labute approximate surface area is 250 Å². The van der Waals surface area contributed by atoms with Gasteiger partial charge in [0.25, 0.3) is 0 Å². The maximum atomic E-state index is 11.9. The number of rotatable bonds is 10. The molecular weight excluding hydrogens is 659 g/mol. The smallest absolute Gasteiger partial charge is 0.162 e. The van der Waals surface area contributed by atoms with Gasteiger partial charge in [0.05, 0.1) is 5.52 Å². The summed E-state index contributed by atoms with van der Waals surface area (Å²) in [7, 11) is 0. The number of benzene rings is 2. The van der Waals surface area contributed by atoms with Gasteiger partial charge in [0.2, 0.25) is 0 Å². The van der Waals surface area contributed by atoms with E-state index in [1.807, 2.05) is 34.6 Å². The molecule has 1 radical (unpaired) electrons. The summed E-state index contributed by atoms with van der Waals surface area (Å²) in [6.45, 7) is 18.8. The van der Waals surface area contributed by atoms with Gasteiger partial charge in [-0.1, -0.05) is 86.6 Å². The maximum absolute atomic E-state index is 11.9. The van der Waals surface area contributed by atoms with E-state index in [1.165, 1.54) is 22.6 Å². The quantitative estimate of drug-likeness (QED) is 0.130. The molecule has 3 nitrogen and oxygen atoms in total. The summed E-state index contributed by atoms with van der Waals surface area (Å²) >= 11 is 0. The number of aliphatic hydroxyl groups is 1. The van der Waals surface area contributed by atoms with Gasteiger partial charge >= 0.3 is 0 Å². The molecule has 0 bridgehead atoms. The number of allylic oxidation sites excluding steroid dienone is 2. The number of carbonyl (C=O) groups is 1. The summed E-state index contributed by atoms with van der Waals surface area (Å²) in [5, 5.41) is 11.3. The summed E-state index contributed by atoms with van der Waals surface area (Å²) in [4.78, 5) is 16.7. The first-order valence-corrected chi connectivity index (χ1v) is 14.3. The number of nitrogens with zero attached hydrogens (tertiary/aromatic N) is 1. The molecule has 3 rings (SSSR count). The molecule has 1 heterocycles. The second-order valence-corrected chi connectivity index (χ2v) is 11.2. The first-order valence-electron chi connectivity index (χ1n) is 14.3. The van der Waals surface area contributed by atoms with Crippen molar-refractivity contribution in [1.82, 2.24) is 4.98 Å². The molecule has 39 heavy (non-hydrogen) atoms. The second kappa shape index (κ2) is 16.1. The van der Waals surface area contributed by atoms with Crippen LogP contribution in [0.4, 0.5) is 0 Å². The Hall–Kier alpha value is -2.29. The molecule has 0 aliphatic carbocycles. The van der Waals surface area contributed by atoms with Crippen molar-refractivity contribution >= 4 is 16.7 Å². The van der Waals surface area contributed by atoms with Crippen LogP contribution in [-0.2, 0) is 31.3 Å². The van der Waals surface area contributed by atoms with Crippen molar-refractivity contribution in [2.75, 3.05) is 0 Å². The molecule has 3 aromatic rings. The zero-order valence-corrected chi connectivity index (χ0v) is 27.8. The summed E-state index contributed by atoms with van der Waals surface area (Å²) < 4.78 is 0. The van der Waals surface area contributed by atoms with E-state index in [9.17, 15) is 9.90 Å². The zero-order chi connectivity index (χ0) is 28.5. The van der Waals surface area contributed by atoms with Crippen molar-refractivity contribution in [2.24, 2.45) is 17.3 Å². The van der Waals surface area contributed by atoms with Crippen LogP contribution < -0.4 is 0 Å². The molecule has 0 fully saturated rings. The van der Waals surface area contributed by atoms with Gasteiger partial charge in [0, 0.05) is 42.9 Å². The number of pyridine rings is 1. The van der Waals surface area contributed by atoms with Crippen molar-refractivity contribution in [1.29, 1.82) is 0 Å². The van der Waals surface area contributed by atoms with Crippen LogP contribution >= 0.6 is 0 Å². The van der Waals surface area contributed by atoms with E-state index in [-0.39, 0.29) is 43.0 Å². The Morgan fingerprint density at radius 1 is 1.03 bits per heavy atom. The van der Waals surface area contributed by atoms with E-state index in [0.29, 0.717) is 5.92 Å². The molecule has 0 amide bonds. The molecule has 0 saturated heterocycles. The fourth-order valence-corrected chi connectivity index (χ4v) is 4.76. The summed E-state index contributed by atoms with van der Waals surface area (Å²) in [6.07, 6.45) is 5.90. The number of aromatic nitrogens is 1. The average Bonchev–Trinajstić information content (AvgIpc) is 2.88. The number of carbonyl (C=O) groups excluding carboxylic acids is 1. The number of fused-ring (bicyclic) bond motifs is 1. The predicted molar refractivity (Wildman–Crippen MR) is 163 cm³/mol. The summed E-state index contributed by atoms with van der Waals surface area (Å²) in [6, 6.07) is 18.4. The van der Waals surface area contributed by atoms with E-state index < -0.39 is 0 Å². The first-order chi connectivity index (χ1) is 18.0. The zero-order valence-electron chi connectivity index (χ0n) is 25.4. The monoisotopic (exact) mass is 707 g/mol. The van der Waals surface area contributed by atoms with Crippen LogP contribution in [0.3, 0.4) is 0 Å². The van der Waals surface area contributed by atoms with Crippen LogP contribution in [0.5, 0.6) is 0 Å². The third-order valence-electron chi connectivity index (χ3n) is 7.70. The van der Waals surface area contributed by atoms with Gasteiger partial charge in [0.15, 0.2) is 5.78 Å². The van der Waals surface area contributed by atoms with Gasteiger partial charge in [-0.05, 0) is 55.3 Å². The van der Waals surface area contributed by atoms with Crippen molar-refractivity contribution in [3.8, 4) is 11.3 Å². The minimum Gasteiger partial charge on any atom is -0.512 e. The van der Waals surface area contributed by atoms with E-state index in [2.05, 4.69) is 76.2 Å². The number of ketones is 1. The Bertz CT molecular complexity index is 1220. The number of aryl methyl sites for hydroxylation is 2. The number of para-hydroxylation sites is 1. The van der Waals surface area contributed by atoms with E-state index in [1.54, 1.807) is 0 Å². The van der Waals surface area contributed by atoms with E-state index in [4.69, 9.17) is 4.98 Å². The second-order valence-electron chi connectivity index (χ2n) is 11.2. The number of hydrogen-bond acceptors (Lipinski definition) is 3. The topological polar surface area (TPSA) is 50.2 Å². The van der Waals surface area contributed by atoms with E-state index in [0.717, 1.165) is 54.4 Å². The van der Waals surface area contributed by atoms with Crippen LogP contribution in [0, 0.1) is 37.2 Å². The third kappa shape index (κ3) is 9.69. The molecule has 1 N–H and O–H groups in total. The van der Waals surface area contributed by atoms with Crippen LogP contribution in [0.25, 0.3) is 22.2 Å². The Morgan fingerprint density at radius 2 is 1.64 bits per heavy atom. The fourth-order valence-electron chi connectivity index (χ4n) is 4.76.